The summed E-state index contributed by atoms with van der Waals surface area (Å²) in [6.07, 6.45) is 0. The summed E-state index contributed by atoms with van der Waals surface area (Å²) in [7, 11) is 3.14. The first kappa shape index (κ1) is 13.2. The van der Waals surface area contributed by atoms with Gasteiger partial charge in [-0.3, -0.25) is 19.4 Å². The van der Waals surface area contributed by atoms with Gasteiger partial charge in [0.15, 0.2) is 5.16 Å². The molecule has 1 aromatic heterocycles. The highest BCUT2D eigenvalue weighted by molar-refractivity contribution is 7.99. The van der Waals surface area contributed by atoms with Gasteiger partial charge in [-0.2, -0.15) is 4.98 Å². The number of anilines is 1. The van der Waals surface area contributed by atoms with Gasteiger partial charge in [0.05, 0.1) is 7.11 Å². The summed E-state index contributed by atoms with van der Waals surface area (Å²) in [5, 5.41) is 2.71. The molecule has 0 spiro atoms. The lowest BCUT2D eigenvalue weighted by molar-refractivity contribution is 0.414. The summed E-state index contributed by atoms with van der Waals surface area (Å²) in [5.74, 6) is 0.645. The molecular formula is C11H12N4O3S. The number of aromatic nitrogens is 3. The minimum absolute atomic E-state index is 0.338. The van der Waals surface area contributed by atoms with Crippen LogP contribution < -0.4 is 21.6 Å². The number of nitrogens with two attached hydrogens (primary N) is 1. The molecule has 1 heterocycles. The zero-order valence-electron chi connectivity index (χ0n) is 10.3. The van der Waals surface area contributed by atoms with Crippen molar-refractivity contribution in [1.29, 1.82) is 0 Å². The molecule has 0 aliphatic heterocycles. The van der Waals surface area contributed by atoms with Gasteiger partial charge in [-0.15, -0.1) is 0 Å². The second-order valence-electron chi connectivity index (χ2n) is 3.71. The number of hydrogen-bond acceptors (Lipinski definition) is 6. The average molecular weight is 280 g/mol. The summed E-state index contributed by atoms with van der Waals surface area (Å²) < 4.78 is 6.47. The lowest BCUT2D eigenvalue weighted by atomic mass is 10.3. The van der Waals surface area contributed by atoms with Gasteiger partial charge in [-0.1, -0.05) is 0 Å². The first-order valence-electron chi connectivity index (χ1n) is 5.30. The molecule has 0 saturated heterocycles. The lowest BCUT2D eigenvalue weighted by Gasteiger charge is -2.09. The van der Waals surface area contributed by atoms with Crippen molar-refractivity contribution in [3.05, 3.63) is 38.9 Å². The van der Waals surface area contributed by atoms with Gasteiger partial charge in [-0.05, 0) is 30.0 Å². The molecule has 0 aliphatic rings. The summed E-state index contributed by atoms with van der Waals surface area (Å²) in [6.45, 7) is 0. The van der Waals surface area contributed by atoms with Crippen LogP contribution in [0.15, 0.2) is 37.8 Å². The first-order chi connectivity index (χ1) is 9.01. The molecule has 0 aliphatic carbocycles. The van der Waals surface area contributed by atoms with Crippen LogP contribution in [0.1, 0.15) is 0 Å². The summed E-state index contributed by atoms with van der Waals surface area (Å²) in [4.78, 5) is 26.7. The highest BCUT2D eigenvalue weighted by Gasteiger charge is 2.09. The van der Waals surface area contributed by atoms with Crippen LogP contribution in [0, 0.1) is 0 Å². The van der Waals surface area contributed by atoms with Crippen LogP contribution in [0.25, 0.3) is 0 Å². The van der Waals surface area contributed by atoms with Crippen molar-refractivity contribution in [3.8, 4) is 5.75 Å². The molecule has 0 amide bonds. The van der Waals surface area contributed by atoms with Gasteiger partial charge in [0, 0.05) is 17.6 Å². The Balaban J connectivity index is 2.44. The van der Waals surface area contributed by atoms with E-state index in [0.29, 0.717) is 21.5 Å². The Kier molecular flexibility index (Phi) is 3.61. The van der Waals surface area contributed by atoms with E-state index in [9.17, 15) is 9.59 Å². The van der Waals surface area contributed by atoms with E-state index < -0.39 is 11.1 Å². The number of benzene rings is 1. The molecule has 0 bridgehead atoms. The molecule has 19 heavy (non-hydrogen) atoms. The molecule has 0 saturated carbocycles. The van der Waals surface area contributed by atoms with E-state index in [2.05, 4.69) is 10.1 Å². The van der Waals surface area contributed by atoms with Crippen molar-refractivity contribution < 1.29 is 4.74 Å². The Labute approximate surface area is 112 Å². The maximum absolute atomic E-state index is 11.3. The fourth-order valence-corrected chi connectivity index (χ4v) is 2.25. The van der Waals surface area contributed by atoms with Gasteiger partial charge < -0.3 is 10.5 Å². The van der Waals surface area contributed by atoms with Crippen LogP contribution in [0.2, 0.25) is 0 Å². The second-order valence-corrected chi connectivity index (χ2v) is 4.71. The smallest absolute Gasteiger partial charge is 0.339 e. The van der Waals surface area contributed by atoms with E-state index in [1.165, 1.54) is 16.4 Å². The fraction of sp³-hybridized carbons (Fsp3) is 0.182. The van der Waals surface area contributed by atoms with Crippen molar-refractivity contribution in [2.45, 2.75) is 10.1 Å². The fourth-order valence-electron chi connectivity index (χ4n) is 1.38. The van der Waals surface area contributed by atoms with Crippen molar-refractivity contribution in [2.24, 2.45) is 7.05 Å². The largest absolute Gasteiger partial charge is 0.497 e. The van der Waals surface area contributed by atoms with Crippen LogP contribution in [0.5, 0.6) is 5.75 Å². The number of ether oxygens (including phenoxy) is 1. The number of H-pyrrole nitrogens is 1. The van der Waals surface area contributed by atoms with E-state index in [1.807, 2.05) is 0 Å². The first-order valence-corrected chi connectivity index (χ1v) is 6.11. The Morgan fingerprint density at radius 2 is 2.16 bits per heavy atom. The Hall–Kier alpha value is -2.22. The molecule has 100 valence electrons. The van der Waals surface area contributed by atoms with Crippen molar-refractivity contribution >= 4 is 17.4 Å². The summed E-state index contributed by atoms with van der Waals surface area (Å²) in [5.41, 5.74) is 4.79. The van der Waals surface area contributed by atoms with E-state index >= 15 is 0 Å². The summed E-state index contributed by atoms with van der Waals surface area (Å²) in [6, 6.07) is 5.17. The van der Waals surface area contributed by atoms with Crippen LogP contribution in [0.4, 0.5) is 5.69 Å². The predicted octanol–water partition coefficient (Wildman–Crippen LogP) is 0.211. The van der Waals surface area contributed by atoms with E-state index in [0.717, 1.165) is 0 Å². The highest BCUT2D eigenvalue weighted by atomic mass is 32.2. The molecule has 0 atom stereocenters. The minimum Gasteiger partial charge on any atom is -0.497 e. The number of aromatic amines is 1. The molecule has 2 rings (SSSR count). The van der Waals surface area contributed by atoms with Crippen LogP contribution in [0.3, 0.4) is 0 Å². The minimum atomic E-state index is -0.831. The molecule has 0 radical (unpaired) electrons. The molecular weight excluding hydrogens is 268 g/mol. The third kappa shape index (κ3) is 2.79. The third-order valence-electron chi connectivity index (χ3n) is 2.37. The molecule has 7 nitrogen and oxygen atoms in total. The predicted molar refractivity (Wildman–Crippen MR) is 71.6 cm³/mol. The molecule has 1 aromatic carbocycles. The average Bonchev–Trinajstić information content (AvgIpc) is 2.38. The monoisotopic (exact) mass is 280 g/mol. The third-order valence-corrected chi connectivity index (χ3v) is 3.49. The maximum atomic E-state index is 11.3. The molecule has 0 unspecified atom stereocenters. The van der Waals surface area contributed by atoms with Gasteiger partial charge in [-0.25, -0.2) is 0 Å². The number of nitrogens with zero attached hydrogens (tertiary/aromatic N) is 2. The zero-order valence-corrected chi connectivity index (χ0v) is 11.2. The number of aryl methyl sites for hydroxylation is 1. The quantitative estimate of drug-likeness (QED) is 0.615. The number of nitrogens with one attached hydrogen (secondary N) is 1. The SMILES string of the molecule is COc1ccc(N)c(Sc2nc(=O)c(=O)[nH]n2C)c1. The molecule has 8 heteroatoms. The van der Waals surface area contributed by atoms with E-state index in [4.69, 9.17) is 10.5 Å². The van der Waals surface area contributed by atoms with Crippen LogP contribution >= 0.6 is 11.8 Å². The zero-order chi connectivity index (χ0) is 14.0. The molecule has 2 aromatic rings. The Bertz CT molecular complexity index is 723. The summed E-state index contributed by atoms with van der Waals surface area (Å²) >= 11 is 1.17. The van der Waals surface area contributed by atoms with Crippen molar-refractivity contribution in [2.75, 3.05) is 12.8 Å². The van der Waals surface area contributed by atoms with Crippen LogP contribution in [-0.4, -0.2) is 21.9 Å². The normalized spacial score (nSPS) is 10.4. The van der Waals surface area contributed by atoms with Gasteiger partial charge in [0.1, 0.15) is 5.75 Å². The van der Waals surface area contributed by atoms with E-state index in [-0.39, 0.29) is 0 Å². The Morgan fingerprint density at radius 3 is 2.84 bits per heavy atom. The second kappa shape index (κ2) is 5.19. The molecule has 0 fully saturated rings. The number of nitrogen functional groups attached to an aromatic ring is 1. The van der Waals surface area contributed by atoms with Crippen LogP contribution in [-0.2, 0) is 7.05 Å². The molecule has 3 N–H and O–H groups in total. The van der Waals surface area contributed by atoms with Crippen molar-refractivity contribution in [3.63, 3.8) is 0 Å². The maximum Gasteiger partial charge on any atom is 0.339 e. The topological polar surface area (TPSA) is 103 Å². The van der Waals surface area contributed by atoms with E-state index in [1.54, 1.807) is 32.4 Å². The van der Waals surface area contributed by atoms with Gasteiger partial charge in [0.25, 0.3) is 0 Å². The number of methoxy groups -OCH3 is 1. The standard InChI is InChI=1S/C11H12N4O3S/c1-15-11(13-9(16)10(17)14-15)19-8-5-6(18-2)3-4-7(8)12/h3-5H,12H2,1-2H3,(H,14,17). The Morgan fingerprint density at radius 1 is 1.42 bits per heavy atom. The van der Waals surface area contributed by atoms with Gasteiger partial charge in [0.2, 0.25) is 0 Å². The highest BCUT2D eigenvalue weighted by Crippen LogP contribution is 2.32. The number of rotatable bonds is 3. The van der Waals surface area contributed by atoms with Crippen molar-refractivity contribution in [1.82, 2.24) is 14.8 Å². The number of hydrogen-bond donors (Lipinski definition) is 2. The van der Waals surface area contributed by atoms with Gasteiger partial charge >= 0.3 is 11.1 Å². The lowest BCUT2D eigenvalue weighted by Crippen LogP contribution is -2.33.